The minimum Gasteiger partial charge on any atom is -0.388 e. The number of guanidine groups is 1. The maximum atomic E-state index is 10.3. The Labute approximate surface area is 168 Å². The summed E-state index contributed by atoms with van der Waals surface area (Å²) >= 11 is 0. The molecule has 2 N–H and O–H groups in total. The quantitative estimate of drug-likeness (QED) is 0.414. The summed E-state index contributed by atoms with van der Waals surface area (Å²) in [7, 11) is 0. The van der Waals surface area contributed by atoms with Crippen LogP contribution in [0.3, 0.4) is 0 Å². The van der Waals surface area contributed by atoms with Crippen LogP contribution in [0.5, 0.6) is 0 Å². The number of hydrogen-bond donors (Lipinski definition) is 2. The number of nitrogens with zero attached hydrogens (tertiary/aromatic N) is 3. The van der Waals surface area contributed by atoms with Crippen LogP contribution in [0.4, 0.5) is 5.69 Å². The van der Waals surface area contributed by atoms with Crippen LogP contribution in [-0.2, 0) is 0 Å². The molecule has 2 fully saturated rings. The van der Waals surface area contributed by atoms with Crippen molar-refractivity contribution in [2.75, 3.05) is 44.2 Å². The minimum atomic E-state index is -0.552. The van der Waals surface area contributed by atoms with Crippen molar-refractivity contribution >= 4 is 35.6 Å². The van der Waals surface area contributed by atoms with Crippen molar-refractivity contribution in [1.29, 1.82) is 0 Å². The number of halogens is 1. The van der Waals surface area contributed by atoms with Gasteiger partial charge in [0.1, 0.15) is 0 Å². The highest BCUT2D eigenvalue weighted by Crippen LogP contribution is 2.31. The number of aliphatic imine (C=N–C) groups is 1. The number of aryl methyl sites for hydroxylation is 1. The van der Waals surface area contributed by atoms with E-state index < -0.39 is 5.60 Å². The van der Waals surface area contributed by atoms with E-state index in [1.54, 1.807) is 0 Å². The smallest absolute Gasteiger partial charge is 0.194 e. The molecule has 0 spiro atoms. The lowest BCUT2D eigenvalue weighted by molar-refractivity contribution is -0.0237. The Balaban J connectivity index is 0.00000225. The topological polar surface area (TPSA) is 51.1 Å². The number of piperazine rings is 1. The second kappa shape index (κ2) is 9.07. The molecule has 3 rings (SSSR count). The van der Waals surface area contributed by atoms with E-state index in [1.807, 2.05) is 0 Å². The lowest BCUT2D eigenvalue weighted by Crippen LogP contribution is -2.53. The monoisotopic (exact) mass is 458 g/mol. The van der Waals surface area contributed by atoms with Gasteiger partial charge in [0, 0.05) is 38.4 Å². The van der Waals surface area contributed by atoms with Gasteiger partial charge >= 0.3 is 0 Å². The van der Waals surface area contributed by atoms with E-state index in [4.69, 9.17) is 4.99 Å². The lowest BCUT2D eigenvalue weighted by atomic mass is 9.80. The van der Waals surface area contributed by atoms with E-state index in [-0.39, 0.29) is 24.0 Å². The maximum absolute atomic E-state index is 10.3. The highest BCUT2D eigenvalue weighted by molar-refractivity contribution is 14.0. The number of aliphatic hydroxyl groups is 1. The van der Waals surface area contributed by atoms with Gasteiger partial charge < -0.3 is 20.2 Å². The Morgan fingerprint density at radius 1 is 1.24 bits per heavy atom. The third-order valence-electron chi connectivity index (χ3n) is 5.09. The van der Waals surface area contributed by atoms with Gasteiger partial charge in [0.2, 0.25) is 0 Å². The van der Waals surface area contributed by atoms with Crippen LogP contribution in [-0.4, -0.2) is 60.8 Å². The molecule has 1 heterocycles. The Morgan fingerprint density at radius 3 is 2.52 bits per heavy atom. The Bertz CT molecular complexity index is 581. The fourth-order valence-electron chi connectivity index (χ4n) is 3.39. The van der Waals surface area contributed by atoms with Crippen LogP contribution in [0.1, 0.15) is 31.7 Å². The van der Waals surface area contributed by atoms with Crippen molar-refractivity contribution in [3.05, 3.63) is 29.8 Å². The largest absolute Gasteiger partial charge is 0.388 e. The fraction of sp³-hybridized carbons (Fsp3) is 0.632. The molecule has 0 unspecified atom stereocenters. The SMILES string of the molecule is CCNC(=NCC1(O)CCC1)N1CCN(c2cccc(C)c2)CC1.I. The second-order valence-electron chi connectivity index (χ2n) is 7.06. The highest BCUT2D eigenvalue weighted by atomic mass is 127. The molecule has 5 nitrogen and oxygen atoms in total. The predicted molar refractivity (Wildman–Crippen MR) is 115 cm³/mol. The summed E-state index contributed by atoms with van der Waals surface area (Å²) in [6, 6.07) is 8.71. The Kier molecular flexibility index (Phi) is 7.37. The molecule has 140 valence electrons. The summed E-state index contributed by atoms with van der Waals surface area (Å²) in [6.45, 7) is 9.52. The molecular formula is C19H31IN4O. The van der Waals surface area contributed by atoms with Crippen molar-refractivity contribution < 1.29 is 5.11 Å². The molecule has 1 saturated carbocycles. The summed E-state index contributed by atoms with van der Waals surface area (Å²) in [5, 5.41) is 13.7. The highest BCUT2D eigenvalue weighted by Gasteiger charge is 2.34. The molecule has 6 heteroatoms. The molecule has 25 heavy (non-hydrogen) atoms. The van der Waals surface area contributed by atoms with E-state index >= 15 is 0 Å². The van der Waals surface area contributed by atoms with Gasteiger partial charge in [-0.25, -0.2) is 0 Å². The van der Waals surface area contributed by atoms with E-state index in [0.29, 0.717) is 6.54 Å². The first-order valence-electron chi connectivity index (χ1n) is 9.17. The van der Waals surface area contributed by atoms with E-state index in [9.17, 15) is 5.11 Å². The Hall–Kier alpha value is -1.02. The number of hydrogen-bond acceptors (Lipinski definition) is 3. The van der Waals surface area contributed by atoms with Crippen molar-refractivity contribution in [1.82, 2.24) is 10.2 Å². The zero-order valence-electron chi connectivity index (χ0n) is 15.4. The standard InChI is InChI=1S/C19H30N4O.HI/c1-3-20-18(21-15-19(24)8-5-9-19)23-12-10-22(11-13-23)17-7-4-6-16(2)14-17;/h4,6-7,14,24H,3,5,8-13,15H2,1-2H3,(H,20,21);1H. The average molecular weight is 458 g/mol. The van der Waals surface area contributed by atoms with Gasteiger partial charge in [-0.1, -0.05) is 12.1 Å². The first-order chi connectivity index (χ1) is 11.6. The van der Waals surface area contributed by atoms with Crippen molar-refractivity contribution in [3.8, 4) is 0 Å². The van der Waals surface area contributed by atoms with Gasteiger partial charge in [0.05, 0.1) is 12.1 Å². The molecule has 2 aliphatic rings. The zero-order chi connectivity index (χ0) is 17.0. The van der Waals surface area contributed by atoms with Crippen LogP contribution in [0, 0.1) is 6.92 Å². The number of benzene rings is 1. The molecule has 1 aliphatic carbocycles. The summed E-state index contributed by atoms with van der Waals surface area (Å²) < 4.78 is 0. The summed E-state index contributed by atoms with van der Waals surface area (Å²) in [5.41, 5.74) is 2.06. The second-order valence-corrected chi connectivity index (χ2v) is 7.06. The van der Waals surface area contributed by atoms with Gasteiger partial charge in [0.25, 0.3) is 0 Å². The van der Waals surface area contributed by atoms with Crippen LogP contribution in [0.2, 0.25) is 0 Å². The summed E-state index contributed by atoms with van der Waals surface area (Å²) in [5.74, 6) is 0.946. The molecule has 0 bridgehead atoms. The minimum absolute atomic E-state index is 0. The van der Waals surface area contributed by atoms with E-state index in [1.165, 1.54) is 11.3 Å². The van der Waals surface area contributed by atoms with Gasteiger partial charge in [-0.3, -0.25) is 4.99 Å². The third kappa shape index (κ3) is 5.23. The van der Waals surface area contributed by atoms with Crippen LogP contribution in [0.25, 0.3) is 0 Å². The van der Waals surface area contributed by atoms with E-state index in [0.717, 1.165) is 57.9 Å². The number of rotatable bonds is 4. The third-order valence-corrected chi connectivity index (χ3v) is 5.09. The maximum Gasteiger partial charge on any atom is 0.194 e. The van der Waals surface area contributed by atoms with Crippen LogP contribution >= 0.6 is 24.0 Å². The molecule has 1 saturated heterocycles. The van der Waals surface area contributed by atoms with Crippen molar-refractivity contribution in [2.24, 2.45) is 4.99 Å². The number of nitrogens with one attached hydrogen (secondary N) is 1. The van der Waals surface area contributed by atoms with Crippen molar-refractivity contribution in [2.45, 2.75) is 38.7 Å². The first kappa shape index (κ1) is 20.3. The first-order valence-corrected chi connectivity index (χ1v) is 9.17. The zero-order valence-corrected chi connectivity index (χ0v) is 17.7. The Morgan fingerprint density at radius 2 is 1.96 bits per heavy atom. The fourth-order valence-corrected chi connectivity index (χ4v) is 3.39. The van der Waals surface area contributed by atoms with Gasteiger partial charge in [-0.15, -0.1) is 24.0 Å². The van der Waals surface area contributed by atoms with Gasteiger partial charge in [-0.05, 0) is 50.8 Å². The molecular weight excluding hydrogens is 427 g/mol. The summed E-state index contributed by atoms with van der Waals surface area (Å²) in [6.07, 6.45) is 2.89. The predicted octanol–water partition coefficient (Wildman–Crippen LogP) is 2.62. The molecule has 0 radical (unpaired) electrons. The summed E-state index contributed by atoms with van der Waals surface area (Å²) in [4.78, 5) is 9.46. The molecule has 0 atom stereocenters. The average Bonchev–Trinajstić information content (AvgIpc) is 2.57. The molecule has 0 aromatic heterocycles. The van der Waals surface area contributed by atoms with Gasteiger partial charge in [0.15, 0.2) is 5.96 Å². The molecule has 1 aromatic rings. The lowest BCUT2D eigenvalue weighted by Gasteiger charge is -2.39. The normalized spacial score (nSPS) is 19.9. The van der Waals surface area contributed by atoms with Crippen molar-refractivity contribution in [3.63, 3.8) is 0 Å². The molecule has 1 aromatic carbocycles. The van der Waals surface area contributed by atoms with Gasteiger partial charge in [-0.2, -0.15) is 0 Å². The number of anilines is 1. The molecule has 1 aliphatic heterocycles. The van der Waals surface area contributed by atoms with E-state index in [2.05, 4.69) is 53.2 Å². The molecule has 0 amide bonds. The van der Waals surface area contributed by atoms with Crippen LogP contribution < -0.4 is 10.2 Å². The van der Waals surface area contributed by atoms with Crippen LogP contribution in [0.15, 0.2) is 29.3 Å².